The first kappa shape index (κ1) is 15.9. The van der Waals surface area contributed by atoms with Crippen LogP contribution in [-0.4, -0.2) is 67.0 Å². The molecule has 1 amide bonds. The van der Waals surface area contributed by atoms with Gasteiger partial charge in [-0.05, 0) is 33.7 Å². The molecule has 5 nitrogen and oxygen atoms in total. The minimum absolute atomic E-state index is 0.00787. The molecule has 0 atom stereocenters. The van der Waals surface area contributed by atoms with Crippen LogP contribution in [0.5, 0.6) is 0 Å². The predicted octanol–water partition coefficient (Wildman–Crippen LogP) is 1.52. The second-order valence-corrected chi connectivity index (χ2v) is 8.31. The maximum absolute atomic E-state index is 12.3. The summed E-state index contributed by atoms with van der Waals surface area (Å²) < 4.78 is 0. The van der Waals surface area contributed by atoms with Crippen molar-refractivity contribution in [2.24, 2.45) is 5.41 Å². The highest BCUT2D eigenvalue weighted by molar-refractivity contribution is 7.11. The van der Waals surface area contributed by atoms with Gasteiger partial charge in [0, 0.05) is 49.6 Å². The molecule has 6 heteroatoms. The molecule has 1 saturated heterocycles. The lowest BCUT2D eigenvalue weighted by Crippen LogP contribution is -2.48. The van der Waals surface area contributed by atoms with Crippen LogP contribution in [0.2, 0.25) is 0 Å². The van der Waals surface area contributed by atoms with Crippen LogP contribution in [0.3, 0.4) is 0 Å². The lowest BCUT2D eigenvalue weighted by molar-refractivity contribution is 0.0922. The van der Waals surface area contributed by atoms with Crippen LogP contribution in [0.4, 0.5) is 0 Å². The third-order valence-electron chi connectivity index (χ3n) is 4.85. The summed E-state index contributed by atoms with van der Waals surface area (Å²) >= 11 is 1.59. The van der Waals surface area contributed by atoms with Gasteiger partial charge in [0.2, 0.25) is 0 Å². The first-order valence-electron chi connectivity index (χ1n) is 8.11. The van der Waals surface area contributed by atoms with Crippen LogP contribution in [-0.2, 0) is 0 Å². The lowest BCUT2D eigenvalue weighted by atomic mass is 10.1. The normalized spacial score (nSPS) is 21.8. The van der Waals surface area contributed by atoms with Gasteiger partial charge in [-0.15, -0.1) is 11.3 Å². The summed E-state index contributed by atoms with van der Waals surface area (Å²) in [5.41, 5.74) is 0.919. The van der Waals surface area contributed by atoms with E-state index < -0.39 is 0 Å². The smallest absolute Gasteiger partial charge is 0.271 e. The number of amides is 1. The Morgan fingerprint density at radius 1 is 1.27 bits per heavy atom. The maximum atomic E-state index is 12.3. The molecule has 2 aliphatic rings. The summed E-state index contributed by atoms with van der Waals surface area (Å²) in [5.74, 6) is -0.00787. The number of piperazine rings is 1. The summed E-state index contributed by atoms with van der Waals surface area (Å²) in [6.07, 6.45) is 2.46. The largest absolute Gasteiger partial charge is 0.350 e. The molecule has 0 bridgehead atoms. The zero-order chi connectivity index (χ0) is 15.7. The molecule has 3 rings (SSSR count). The van der Waals surface area contributed by atoms with E-state index >= 15 is 0 Å². The molecular formula is C16H26N4OS. The Morgan fingerprint density at radius 2 is 1.95 bits per heavy atom. The Bertz CT molecular complexity index is 544. The van der Waals surface area contributed by atoms with Gasteiger partial charge >= 0.3 is 0 Å². The van der Waals surface area contributed by atoms with Crippen molar-refractivity contribution in [2.45, 2.75) is 26.7 Å². The minimum atomic E-state index is -0.00787. The van der Waals surface area contributed by atoms with Gasteiger partial charge in [0.15, 0.2) is 0 Å². The monoisotopic (exact) mass is 322 g/mol. The van der Waals surface area contributed by atoms with Gasteiger partial charge in [-0.3, -0.25) is 4.79 Å². The zero-order valence-corrected chi connectivity index (χ0v) is 14.6. The molecule has 0 spiro atoms. The zero-order valence-electron chi connectivity index (χ0n) is 13.8. The lowest BCUT2D eigenvalue weighted by Gasteiger charge is -2.34. The van der Waals surface area contributed by atoms with Crippen LogP contribution in [0.1, 0.15) is 33.2 Å². The van der Waals surface area contributed by atoms with Crippen molar-refractivity contribution in [3.05, 3.63) is 15.6 Å². The van der Waals surface area contributed by atoms with Crippen LogP contribution in [0, 0.1) is 19.3 Å². The standard InChI is InChI=1S/C16H26N4OS/c1-12-14(18-13(2)22-12)15(21)17-10-16(4-5-16)11-20-8-6-19(3)7-9-20/h4-11H2,1-3H3,(H,17,21). The van der Waals surface area contributed by atoms with E-state index in [1.165, 1.54) is 12.8 Å². The molecule has 1 aliphatic carbocycles. The Hall–Kier alpha value is -0.980. The number of nitrogens with one attached hydrogen (secondary N) is 1. The summed E-state index contributed by atoms with van der Waals surface area (Å²) in [6.45, 7) is 10.4. The number of carbonyl (C=O) groups is 1. The van der Waals surface area contributed by atoms with Crippen molar-refractivity contribution < 1.29 is 4.79 Å². The van der Waals surface area contributed by atoms with Crippen molar-refractivity contribution in [2.75, 3.05) is 46.3 Å². The molecule has 0 unspecified atom stereocenters. The molecule has 122 valence electrons. The molecule has 1 aromatic heterocycles. The van der Waals surface area contributed by atoms with E-state index in [2.05, 4.69) is 27.1 Å². The van der Waals surface area contributed by atoms with Crippen LogP contribution >= 0.6 is 11.3 Å². The van der Waals surface area contributed by atoms with E-state index in [0.29, 0.717) is 11.1 Å². The van der Waals surface area contributed by atoms with Gasteiger partial charge < -0.3 is 15.1 Å². The number of rotatable bonds is 5. The van der Waals surface area contributed by atoms with E-state index in [1.54, 1.807) is 11.3 Å². The summed E-state index contributed by atoms with van der Waals surface area (Å²) in [7, 11) is 2.18. The molecule has 1 N–H and O–H groups in total. The molecule has 0 radical (unpaired) electrons. The van der Waals surface area contributed by atoms with Gasteiger partial charge in [-0.2, -0.15) is 0 Å². The van der Waals surface area contributed by atoms with Gasteiger partial charge in [0.1, 0.15) is 5.69 Å². The number of hydrogen-bond donors (Lipinski definition) is 1. The predicted molar refractivity (Wildman–Crippen MR) is 89.5 cm³/mol. The SMILES string of the molecule is Cc1nc(C(=O)NCC2(CN3CCN(C)CC3)CC2)c(C)s1. The van der Waals surface area contributed by atoms with Crippen LogP contribution in [0.25, 0.3) is 0 Å². The van der Waals surface area contributed by atoms with Crippen molar-refractivity contribution >= 4 is 17.2 Å². The van der Waals surface area contributed by atoms with E-state index in [1.807, 2.05) is 13.8 Å². The second-order valence-electron chi connectivity index (χ2n) is 6.90. The average Bonchev–Trinajstić information content (AvgIpc) is 3.16. The fourth-order valence-electron chi connectivity index (χ4n) is 3.14. The first-order valence-corrected chi connectivity index (χ1v) is 8.92. The highest BCUT2D eigenvalue weighted by atomic mass is 32.1. The molecule has 2 fully saturated rings. The molecule has 22 heavy (non-hydrogen) atoms. The number of carbonyl (C=O) groups excluding carboxylic acids is 1. The molecular weight excluding hydrogens is 296 g/mol. The quantitative estimate of drug-likeness (QED) is 0.893. The van der Waals surface area contributed by atoms with Crippen LogP contribution in [0.15, 0.2) is 0 Å². The van der Waals surface area contributed by atoms with E-state index in [9.17, 15) is 4.79 Å². The molecule has 0 aromatic carbocycles. The molecule has 1 aliphatic heterocycles. The number of aryl methyl sites for hydroxylation is 2. The number of hydrogen-bond acceptors (Lipinski definition) is 5. The Kier molecular flexibility index (Phi) is 4.52. The van der Waals surface area contributed by atoms with Gasteiger partial charge in [-0.25, -0.2) is 4.98 Å². The number of aromatic nitrogens is 1. The molecule has 1 saturated carbocycles. The Balaban J connectivity index is 1.50. The van der Waals surface area contributed by atoms with Crippen molar-refractivity contribution in [1.82, 2.24) is 20.1 Å². The van der Waals surface area contributed by atoms with Gasteiger partial charge in [0.05, 0.1) is 5.01 Å². The highest BCUT2D eigenvalue weighted by Gasteiger charge is 2.44. The topological polar surface area (TPSA) is 48.5 Å². The first-order chi connectivity index (χ1) is 10.5. The van der Waals surface area contributed by atoms with E-state index in [0.717, 1.165) is 49.2 Å². The molecule has 2 heterocycles. The van der Waals surface area contributed by atoms with Gasteiger partial charge in [-0.1, -0.05) is 0 Å². The van der Waals surface area contributed by atoms with Crippen molar-refractivity contribution in [3.8, 4) is 0 Å². The minimum Gasteiger partial charge on any atom is -0.350 e. The third-order valence-corrected chi connectivity index (χ3v) is 5.74. The summed E-state index contributed by atoms with van der Waals surface area (Å²) in [5, 5.41) is 4.08. The third kappa shape index (κ3) is 3.67. The molecule has 1 aromatic rings. The fraction of sp³-hybridized carbons (Fsp3) is 0.750. The van der Waals surface area contributed by atoms with E-state index in [4.69, 9.17) is 0 Å². The number of likely N-dealkylation sites (N-methyl/N-ethyl adjacent to an activating group) is 1. The highest BCUT2D eigenvalue weighted by Crippen LogP contribution is 2.45. The summed E-state index contributed by atoms with van der Waals surface area (Å²) in [4.78, 5) is 22.6. The Labute approximate surface area is 136 Å². The average molecular weight is 322 g/mol. The van der Waals surface area contributed by atoms with Crippen LogP contribution < -0.4 is 5.32 Å². The van der Waals surface area contributed by atoms with Gasteiger partial charge in [0.25, 0.3) is 5.91 Å². The fourth-order valence-corrected chi connectivity index (χ4v) is 3.95. The number of nitrogens with zero attached hydrogens (tertiary/aromatic N) is 3. The second kappa shape index (κ2) is 6.26. The summed E-state index contributed by atoms with van der Waals surface area (Å²) in [6, 6.07) is 0. The van der Waals surface area contributed by atoms with Crippen molar-refractivity contribution in [1.29, 1.82) is 0 Å². The Morgan fingerprint density at radius 3 is 2.50 bits per heavy atom. The van der Waals surface area contributed by atoms with E-state index in [-0.39, 0.29) is 5.91 Å². The van der Waals surface area contributed by atoms with Crippen molar-refractivity contribution in [3.63, 3.8) is 0 Å². The maximum Gasteiger partial charge on any atom is 0.271 e. The number of thiazole rings is 1.